The average molecular weight is 241 g/mol. The van der Waals surface area contributed by atoms with E-state index in [9.17, 15) is 0 Å². The minimum Gasteiger partial charge on any atom is -0.370 e. The molecule has 0 aliphatic heterocycles. The van der Waals surface area contributed by atoms with Crippen LogP contribution >= 0.6 is 0 Å². The van der Waals surface area contributed by atoms with E-state index in [1.54, 1.807) is 0 Å². The second kappa shape index (κ2) is 5.60. The molecule has 5 heteroatoms. The maximum absolute atomic E-state index is 5.85. The van der Waals surface area contributed by atoms with Crippen LogP contribution in [-0.2, 0) is 4.74 Å². The molecule has 0 saturated heterocycles. The van der Waals surface area contributed by atoms with Gasteiger partial charge in [-0.1, -0.05) is 32.9 Å². The molecule has 0 spiro atoms. The Bertz CT molecular complexity index is 344. The van der Waals surface area contributed by atoms with Crippen molar-refractivity contribution >= 4 is 0 Å². The number of nitrogens with zero attached hydrogens (tertiary/aromatic N) is 2. The van der Waals surface area contributed by atoms with Crippen LogP contribution in [0.25, 0.3) is 0 Å². The highest BCUT2D eigenvalue weighted by Crippen LogP contribution is 2.34. The molecule has 0 aromatic carbocycles. The molecule has 0 fully saturated rings. The maximum atomic E-state index is 5.85. The standard InChI is InChI=1S/C12H23N3O2/c1-6-8(13)11-14-10(15-17-11)9(16-7-2)12(3,4)5/h8-9H,6-7,13H2,1-5H3/t8-,9?/m1/s1. The number of rotatable bonds is 5. The van der Waals surface area contributed by atoms with Crippen LogP contribution in [0.5, 0.6) is 0 Å². The SMILES string of the molecule is CCOC(c1noc([C@H](N)CC)n1)C(C)(C)C. The molecule has 17 heavy (non-hydrogen) atoms. The molecule has 1 unspecified atom stereocenters. The first-order chi connectivity index (χ1) is 7.90. The quantitative estimate of drug-likeness (QED) is 0.857. The second-order valence-electron chi connectivity index (χ2n) is 5.21. The molecule has 0 bridgehead atoms. The van der Waals surface area contributed by atoms with Gasteiger partial charge in [0.2, 0.25) is 11.7 Å². The average Bonchev–Trinajstić information content (AvgIpc) is 2.72. The number of hydrogen-bond donors (Lipinski definition) is 1. The van der Waals surface area contributed by atoms with Gasteiger partial charge >= 0.3 is 0 Å². The molecular weight excluding hydrogens is 218 g/mol. The summed E-state index contributed by atoms with van der Waals surface area (Å²) in [6.07, 6.45) is 0.602. The monoisotopic (exact) mass is 241 g/mol. The number of ether oxygens (including phenoxy) is 1. The lowest BCUT2D eigenvalue weighted by Gasteiger charge is -2.27. The molecule has 0 radical (unpaired) electrons. The largest absolute Gasteiger partial charge is 0.370 e. The van der Waals surface area contributed by atoms with Crippen LogP contribution in [0.2, 0.25) is 0 Å². The van der Waals surface area contributed by atoms with Crippen molar-refractivity contribution in [3.63, 3.8) is 0 Å². The van der Waals surface area contributed by atoms with Crippen molar-refractivity contribution in [3.05, 3.63) is 11.7 Å². The molecule has 1 rings (SSSR count). The summed E-state index contributed by atoms with van der Waals surface area (Å²) in [6, 6.07) is -0.196. The van der Waals surface area contributed by atoms with E-state index in [0.717, 1.165) is 6.42 Å². The van der Waals surface area contributed by atoms with Crippen LogP contribution < -0.4 is 5.73 Å². The van der Waals surface area contributed by atoms with Crippen molar-refractivity contribution in [1.29, 1.82) is 0 Å². The predicted octanol–water partition coefficient (Wildman–Crippen LogP) is 2.60. The van der Waals surface area contributed by atoms with E-state index in [4.69, 9.17) is 15.0 Å². The third-order valence-electron chi connectivity index (χ3n) is 2.57. The summed E-state index contributed by atoms with van der Waals surface area (Å²) >= 11 is 0. The first kappa shape index (κ1) is 14.1. The van der Waals surface area contributed by atoms with Gasteiger partial charge in [0.25, 0.3) is 0 Å². The lowest BCUT2D eigenvalue weighted by molar-refractivity contribution is -0.0203. The van der Waals surface area contributed by atoms with Crippen LogP contribution in [0.15, 0.2) is 4.52 Å². The summed E-state index contributed by atoms with van der Waals surface area (Å²) in [7, 11) is 0. The van der Waals surface area contributed by atoms with Crippen molar-refractivity contribution in [2.75, 3.05) is 6.61 Å². The van der Waals surface area contributed by atoms with E-state index in [0.29, 0.717) is 18.3 Å². The Balaban J connectivity index is 2.92. The fourth-order valence-corrected chi connectivity index (χ4v) is 1.56. The Morgan fingerprint density at radius 2 is 2.00 bits per heavy atom. The first-order valence-corrected chi connectivity index (χ1v) is 6.10. The molecule has 0 aliphatic rings. The molecular formula is C12H23N3O2. The van der Waals surface area contributed by atoms with Gasteiger partial charge < -0.3 is 15.0 Å². The predicted molar refractivity (Wildman–Crippen MR) is 65.3 cm³/mol. The Kier molecular flexibility index (Phi) is 4.65. The van der Waals surface area contributed by atoms with Crippen LogP contribution in [-0.4, -0.2) is 16.7 Å². The zero-order valence-corrected chi connectivity index (χ0v) is 11.4. The molecule has 5 nitrogen and oxygen atoms in total. The fourth-order valence-electron chi connectivity index (χ4n) is 1.56. The number of nitrogens with two attached hydrogens (primary N) is 1. The van der Waals surface area contributed by atoms with Crippen molar-refractivity contribution in [1.82, 2.24) is 10.1 Å². The summed E-state index contributed by atoms with van der Waals surface area (Å²) in [5, 5.41) is 3.98. The van der Waals surface area contributed by atoms with E-state index in [1.807, 2.05) is 13.8 Å². The van der Waals surface area contributed by atoms with Crippen molar-refractivity contribution in [3.8, 4) is 0 Å². The van der Waals surface area contributed by atoms with Crippen LogP contribution in [0.3, 0.4) is 0 Å². The van der Waals surface area contributed by atoms with Crippen LogP contribution in [0.4, 0.5) is 0 Å². The summed E-state index contributed by atoms with van der Waals surface area (Å²) in [5.74, 6) is 1.06. The van der Waals surface area contributed by atoms with Gasteiger partial charge in [0.15, 0.2) is 0 Å². The minimum absolute atomic E-state index is 0.0759. The summed E-state index contributed by atoms with van der Waals surface area (Å²) in [5.41, 5.74) is 5.78. The topological polar surface area (TPSA) is 74.2 Å². The molecule has 1 aromatic heterocycles. The van der Waals surface area contributed by atoms with Gasteiger partial charge in [-0.2, -0.15) is 4.98 Å². The van der Waals surface area contributed by atoms with Gasteiger partial charge in [0.05, 0.1) is 6.04 Å². The second-order valence-corrected chi connectivity index (χ2v) is 5.21. The Hall–Kier alpha value is -0.940. The molecule has 0 amide bonds. The molecule has 2 atom stereocenters. The molecule has 98 valence electrons. The highest BCUT2D eigenvalue weighted by atomic mass is 16.5. The van der Waals surface area contributed by atoms with E-state index >= 15 is 0 Å². The highest BCUT2D eigenvalue weighted by molar-refractivity contribution is 4.98. The smallest absolute Gasteiger partial charge is 0.243 e. The molecule has 1 aromatic rings. The Morgan fingerprint density at radius 1 is 1.35 bits per heavy atom. The Morgan fingerprint density at radius 3 is 2.47 bits per heavy atom. The zero-order valence-electron chi connectivity index (χ0n) is 11.4. The maximum Gasteiger partial charge on any atom is 0.243 e. The van der Waals surface area contributed by atoms with Crippen molar-refractivity contribution in [2.45, 2.75) is 53.2 Å². The third-order valence-corrected chi connectivity index (χ3v) is 2.57. The van der Waals surface area contributed by atoms with Gasteiger partial charge in [-0.3, -0.25) is 0 Å². The van der Waals surface area contributed by atoms with Gasteiger partial charge in [0.1, 0.15) is 6.10 Å². The van der Waals surface area contributed by atoms with Gasteiger partial charge in [-0.25, -0.2) is 0 Å². The lowest BCUT2D eigenvalue weighted by atomic mass is 9.88. The molecule has 2 N–H and O–H groups in total. The Labute approximate surface area is 103 Å². The zero-order chi connectivity index (χ0) is 13.1. The van der Waals surface area contributed by atoms with Crippen LogP contribution in [0, 0.1) is 5.41 Å². The van der Waals surface area contributed by atoms with Gasteiger partial charge in [-0.15, -0.1) is 0 Å². The summed E-state index contributed by atoms with van der Waals surface area (Å²) < 4.78 is 10.9. The van der Waals surface area contributed by atoms with E-state index < -0.39 is 0 Å². The molecule has 0 saturated carbocycles. The minimum atomic E-state index is -0.196. The van der Waals surface area contributed by atoms with Crippen LogP contribution in [0.1, 0.15) is 64.9 Å². The van der Waals surface area contributed by atoms with Crippen molar-refractivity contribution in [2.24, 2.45) is 11.1 Å². The summed E-state index contributed by atoms with van der Waals surface area (Å²) in [4.78, 5) is 4.34. The molecule has 1 heterocycles. The van der Waals surface area contributed by atoms with Crippen molar-refractivity contribution < 1.29 is 9.26 Å². The summed E-state index contributed by atoms with van der Waals surface area (Å²) in [6.45, 7) is 10.8. The third kappa shape index (κ3) is 3.51. The number of aromatic nitrogens is 2. The van der Waals surface area contributed by atoms with Gasteiger partial charge in [-0.05, 0) is 18.8 Å². The lowest BCUT2D eigenvalue weighted by Crippen LogP contribution is -2.22. The normalized spacial score (nSPS) is 15.9. The molecule has 0 aliphatic carbocycles. The first-order valence-electron chi connectivity index (χ1n) is 6.10. The van der Waals surface area contributed by atoms with E-state index in [2.05, 4.69) is 30.9 Å². The van der Waals surface area contributed by atoms with E-state index in [1.165, 1.54) is 0 Å². The van der Waals surface area contributed by atoms with Gasteiger partial charge in [0, 0.05) is 6.61 Å². The highest BCUT2D eigenvalue weighted by Gasteiger charge is 2.31. The fraction of sp³-hybridized carbons (Fsp3) is 0.833. The van der Waals surface area contributed by atoms with E-state index in [-0.39, 0.29) is 17.6 Å². The number of hydrogen-bond acceptors (Lipinski definition) is 5.